The number of hydrogen-bond acceptors (Lipinski definition) is 6. The van der Waals surface area contributed by atoms with Gasteiger partial charge in [0.2, 0.25) is 0 Å². The highest BCUT2D eigenvalue weighted by Crippen LogP contribution is 2.54. The molecule has 6 nitrogen and oxygen atoms in total. The van der Waals surface area contributed by atoms with Crippen molar-refractivity contribution in [2.75, 3.05) is 18.0 Å². The Kier molecular flexibility index (Phi) is 5.88. The van der Waals surface area contributed by atoms with E-state index in [4.69, 9.17) is 9.26 Å². The second-order valence-corrected chi connectivity index (χ2v) is 12.5. The molecule has 0 N–H and O–H groups in total. The van der Waals surface area contributed by atoms with E-state index < -0.39 is 11.9 Å². The molecule has 1 aromatic carbocycles. The van der Waals surface area contributed by atoms with Crippen LogP contribution in [0.5, 0.6) is 5.75 Å². The van der Waals surface area contributed by atoms with Crippen molar-refractivity contribution < 1.29 is 22.4 Å². The van der Waals surface area contributed by atoms with Crippen molar-refractivity contribution in [2.45, 2.75) is 63.1 Å². The van der Waals surface area contributed by atoms with E-state index in [-0.39, 0.29) is 22.6 Å². The summed E-state index contributed by atoms with van der Waals surface area (Å²) in [4.78, 5) is 10.6. The van der Waals surface area contributed by atoms with E-state index in [1.807, 2.05) is 18.3 Å². The Bertz CT molecular complexity index is 1670. The topological polar surface area (TPSA) is 64.3 Å². The Morgan fingerprint density at radius 2 is 1.83 bits per heavy atom. The van der Waals surface area contributed by atoms with Crippen molar-refractivity contribution >= 4 is 22.7 Å². The van der Waals surface area contributed by atoms with Crippen LogP contribution in [-0.2, 0) is 6.18 Å². The van der Waals surface area contributed by atoms with Crippen molar-refractivity contribution in [3.63, 3.8) is 0 Å². The van der Waals surface area contributed by atoms with E-state index in [0.29, 0.717) is 23.3 Å². The predicted octanol–water partition coefficient (Wildman–Crippen LogP) is 8.04. The third-order valence-electron chi connectivity index (χ3n) is 9.41. The minimum atomic E-state index is -4.57. The van der Waals surface area contributed by atoms with Crippen molar-refractivity contribution in [2.24, 2.45) is 11.3 Å². The second kappa shape index (κ2) is 9.57. The Balaban J connectivity index is 0.965. The summed E-state index contributed by atoms with van der Waals surface area (Å²) in [5.41, 5.74) is 2.35. The average molecular weight is 573 g/mol. The number of aromatic nitrogens is 3. The fourth-order valence-electron chi connectivity index (χ4n) is 6.83. The van der Waals surface area contributed by atoms with Gasteiger partial charge in [0.05, 0.1) is 11.6 Å². The number of alkyl halides is 3. The molecule has 1 aliphatic heterocycles. The third kappa shape index (κ3) is 4.53. The third-order valence-corrected chi connectivity index (χ3v) is 9.41. The summed E-state index contributed by atoms with van der Waals surface area (Å²) in [7, 11) is 0. The number of rotatable bonds is 7. The molecule has 3 aliphatic carbocycles. The molecule has 8 rings (SSSR count). The first-order valence-corrected chi connectivity index (χ1v) is 14.9. The highest BCUT2D eigenvalue weighted by molar-refractivity contribution is 5.88. The van der Waals surface area contributed by atoms with Gasteiger partial charge in [0.25, 0.3) is 0 Å². The van der Waals surface area contributed by atoms with Gasteiger partial charge in [-0.2, -0.15) is 13.2 Å². The maximum Gasteiger partial charge on any atom is 0.434 e. The minimum Gasteiger partial charge on any atom is -0.490 e. The molecule has 4 fully saturated rings. The summed E-state index contributed by atoms with van der Waals surface area (Å²) in [6, 6.07) is 11.3. The summed E-state index contributed by atoms with van der Waals surface area (Å²) >= 11 is 0. The SMILES string of the molecule is FC(F)(F)c1ncccc1-c1noc(C2CC2)c1/C=C/C1CC2(C1)CN(c1ccc3nccc(OC4CCC4)c3c1)C2. The van der Waals surface area contributed by atoms with Gasteiger partial charge in [0.15, 0.2) is 5.69 Å². The van der Waals surface area contributed by atoms with Gasteiger partial charge in [-0.15, -0.1) is 0 Å². The first-order chi connectivity index (χ1) is 20.4. The number of halogens is 3. The first-order valence-electron chi connectivity index (χ1n) is 14.9. The minimum absolute atomic E-state index is 0.0353. The lowest BCUT2D eigenvalue weighted by Gasteiger charge is -2.59. The van der Waals surface area contributed by atoms with Crippen LogP contribution in [0, 0.1) is 11.3 Å². The van der Waals surface area contributed by atoms with E-state index in [1.165, 1.54) is 24.2 Å². The van der Waals surface area contributed by atoms with Crippen LogP contribution in [-0.4, -0.2) is 34.3 Å². The van der Waals surface area contributed by atoms with Crippen LogP contribution in [0.3, 0.4) is 0 Å². The zero-order valence-electron chi connectivity index (χ0n) is 23.1. The Labute approximate surface area is 241 Å². The van der Waals surface area contributed by atoms with Crippen molar-refractivity contribution in [1.29, 1.82) is 0 Å². The number of ether oxygens (including phenoxy) is 1. The van der Waals surface area contributed by atoms with Crippen LogP contribution in [0.4, 0.5) is 18.9 Å². The summed E-state index contributed by atoms with van der Waals surface area (Å²) in [6.45, 7) is 2.00. The van der Waals surface area contributed by atoms with Gasteiger partial charge in [-0.3, -0.25) is 9.97 Å². The zero-order valence-corrected chi connectivity index (χ0v) is 23.1. The smallest absolute Gasteiger partial charge is 0.434 e. The number of nitrogens with zero attached hydrogens (tertiary/aromatic N) is 4. The molecule has 4 aliphatic rings. The molecule has 4 aromatic rings. The van der Waals surface area contributed by atoms with Crippen LogP contribution in [0.2, 0.25) is 0 Å². The molecule has 1 saturated heterocycles. The molecule has 3 saturated carbocycles. The number of fused-ring (bicyclic) bond motifs is 1. The highest BCUT2D eigenvalue weighted by Gasteiger charge is 2.51. The molecule has 216 valence electrons. The summed E-state index contributed by atoms with van der Waals surface area (Å²) < 4.78 is 53.0. The quantitative estimate of drug-likeness (QED) is 0.223. The van der Waals surface area contributed by atoms with Gasteiger partial charge in [-0.1, -0.05) is 17.3 Å². The Morgan fingerprint density at radius 3 is 2.57 bits per heavy atom. The van der Waals surface area contributed by atoms with Crippen LogP contribution in [0.15, 0.2) is 59.4 Å². The largest absolute Gasteiger partial charge is 0.490 e. The van der Waals surface area contributed by atoms with E-state index in [9.17, 15) is 13.2 Å². The van der Waals surface area contributed by atoms with Crippen LogP contribution < -0.4 is 9.64 Å². The maximum atomic E-state index is 13.7. The normalized spacial score (nSPS) is 20.6. The van der Waals surface area contributed by atoms with Crippen molar-refractivity contribution in [3.05, 3.63) is 71.9 Å². The first kappa shape index (κ1) is 25.8. The van der Waals surface area contributed by atoms with Crippen LogP contribution in [0.25, 0.3) is 28.2 Å². The highest BCUT2D eigenvalue weighted by atomic mass is 19.4. The van der Waals surface area contributed by atoms with Gasteiger partial charge in [-0.25, -0.2) is 0 Å². The Morgan fingerprint density at radius 1 is 1.00 bits per heavy atom. The van der Waals surface area contributed by atoms with E-state index in [0.717, 1.165) is 74.5 Å². The predicted molar refractivity (Wildman–Crippen MR) is 153 cm³/mol. The Hall–Kier alpha value is -3.88. The number of pyridine rings is 2. The molecule has 0 radical (unpaired) electrons. The molecule has 0 atom stereocenters. The molecule has 1 spiro atoms. The van der Waals surface area contributed by atoms with Gasteiger partial charge in [0, 0.05) is 59.0 Å². The standard InChI is InChI=1S/C33H31F3N4O2/c34-33(35,36)31-25(5-2-13-38-31)29-24(30(42-39-29)21-7-8-21)10-6-20-16-32(17-20)18-40(19-32)22-9-11-27-26(15-22)28(12-14-37-27)41-23-3-1-4-23/h2,5-6,9-15,20-21,23H,1,3-4,7-8,16-19H2/b10-6+. The van der Waals surface area contributed by atoms with E-state index in [2.05, 4.69) is 44.3 Å². The molecule has 0 amide bonds. The second-order valence-electron chi connectivity index (χ2n) is 12.5. The maximum absolute atomic E-state index is 13.7. The van der Waals surface area contributed by atoms with Gasteiger partial charge in [0.1, 0.15) is 17.2 Å². The zero-order chi connectivity index (χ0) is 28.5. The monoisotopic (exact) mass is 572 g/mol. The lowest BCUT2D eigenvalue weighted by Crippen LogP contribution is -2.62. The van der Waals surface area contributed by atoms with Crippen LogP contribution in [0.1, 0.15) is 67.9 Å². The average Bonchev–Trinajstić information content (AvgIpc) is 3.67. The summed E-state index contributed by atoms with van der Waals surface area (Å²) in [6.07, 6.45) is 10.3. The lowest BCUT2D eigenvalue weighted by molar-refractivity contribution is -0.140. The summed E-state index contributed by atoms with van der Waals surface area (Å²) in [5, 5.41) is 5.17. The van der Waals surface area contributed by atoms with E-state index in [1.54, 1.807) is 0 Å². The van der Waals surface area contributed by atoms with Gasteiger partial charge in [-0.05, 0) is 87.3 Å². The van der Waals surface area contributed by atoms with Crippen LogP contribution >= 0.6 is 0 Å². The number of hydrogen-bond donors (Lipinski definition) is 0. The summed E-state index contributed by atoms with van der Waals surface area (Å²) in [5.74, 6) is 2.21. The van der Waals surface area contributed by atoms with Crippen molar-refractivity contribution in [1.82, 2.24) is 15.1 Å². The fraction of sp³-hybridized carbons (Fsp3) is 0.424. The lowest BCUT2D eigenvalue weighted by atomic mass is 9.57. The number of allylic oxidation sites excluding steroid dienone is 1. The van der Waals surface area contributed by atoms with E-state index >= 15 is 0 Å². The molecule has 0 unspecified atom stereocenters. The molecular weight excluding hydrogens is 541 g/mol. The fourth-order valence-corrected chi connectivity index (χ4v) is 6.83. The molecular formula is C33H31F3N4O2. The number of anilines is 1. The molecule has 0 bridgehead atoms. The molecule has 42 heavy (non-hydrogen) atoms. The number of benzene rings is 1. The molecule has 9 heteroatoms. The van der Waals surface area contributed by atoms with Gasteiger partial charge >= 0.3 is 6.18 Å². The molecule has 3 aromatic heterocycles. The van der Waals surface area contributed by atoms with Crippen molar-refractivity contribution in [3.8, 4) is 17.0 Å². The molecule has 4 heterocycles. The van der Waals surface area contributed by atoms with Gasteiger partial charge < -0.3 is 14.2 Å².